The zero-order chi connectivity index (χ0) is 19.1. The van der Waals surface area contributed by atoms with Gasteiger partial charge in [-0.1, -0.05) is 6.92 Å². The number of piperidine rings is 1. The first kappa shape index (κ1) is 20.1. The minimum absolute atomic E-state index is 0.0617. The van der Waals surface area contributed by atoms with Gasteiger partial charge in [-0.05, 0) is 51.7 Å². The fourth-order valence-corrected chi connectivity index (χ4v) is 3.84. The highest BCUT2D eigenvalue weighted by atomic mass is 16.5. The Hall–Kier alpha value is -1.60. The Kier molecular flexibility index (Phi) is 7.52. The van der Waals surface area contributed by atoms with Gasteiger partial charge in [-0.3, -0.25) is 9.67 Å². The van der Waals surface area contributed by atoms with Gasteiger partial charge in [0, 0.05) is 38.4 Å². The van der Waals surface area contributed by atoms with Gasteiger partial charge in [0.25, 0.3) is 0 Å². The van der Waals surface area contributed by atoms with Crippen LogP contribution in [0.5, 0.6) is 0 Å². The SMILES string of the molecule is CCNC(=NCCCN1CCC(C)CC1)N1CCOC(c2cnn(C)c2)C1. The highest BCUT2D eigenvalue weighted by Gasteiger charge is 2.25. The summed E-state index contributed by atoms with van der Waals surface area (Å²) in [6.45, 7) is 12.3. The predicted molar refractivity (Wildman–Crippen MR) is 109 cm³/mol. The molecule has 152 valence electrons. The summed E-state index contributed by atoms with van der Waals surface area (Å²) >= 11 is 0. The molecule has 2 aliphatic heterocycles. The minimum Gasteiger partial charge on any atom is -0.370 e. The highest BCUT2D eigenvalue weighted by Crippen LogP contribution is 2.21. The van der Waals surface area contributed by atoms with Crippen molar-refractivity contribution in [1.82, 2.24) is 24.9 Å². The van der Waals surface area contributed by atoms with E-state index < -0.39 is 0 Å². The molecule has 1 atom stereocenters. The van der Waals surface area contributed by atoms with Crippen molar-refractivity contribution < 1.29 is 4.74 Å². The van der Waals surface area contributed by atoms with Crippen LogP contribution >= 0.6 is 0 Å². The Morgan fingerprint density at radius 1 is 1.33 bits per heavy atom. The lowest BCUT2D eigenvalue weighted by molar-refractivity contribution is -0.00804. The number of morpholine rings is 1. The van der Waals surface area contributed by atoms with E-state index in [-0.39, 0.29) is 6.10 Å². The average Bonchev–Trinajstić information content (AvgIpc) is 3.12. The third-order valence-electron chi connectivity index (χ3n) is 5.57. The summed E-state index contributed by atoms with van der Waals surface area (Å²) in [4.78, 5) is 9.82. The number of likely N-dealkylation sites (tertiary alicyclic amines) is 1. The molecule has 0 saturated carbocycles. The van der Waals surface area contributed by atoms with E-state index in [1.807, 2.05) is 24.1 Å². The van der Waals surface area contributed by atoms with Crippen LogP contribution in [0.25, 0.3) is 0 Å². The lowest BCUT2D eigenvalue weighted by Crippen LogP contribution is -2.48. The van der Waals surface area contributed by atoms with Crippen LogP contribution in [0.15, 0.2) is 17.4 Å². The lowest BCUT2D eigenvalue weighted by atomic mass is 9.99. The van der Waals surface area contributed by atoms with E-state index in [4.69, 9.17) is 9.73 Å². The molecule has 0 spiro atoms. The molecular formula is C20H36N6O. The number of aromatic nitrogens is 2. The molecule has 0 aromatic carbocycles. The molecule has 2 saturated heterocycles. The van der Waals surface area contributed by atoms with Gasteiger partial charge in [-0.25, -0.2) is 0 Å². The number of guanidine groups is 1. The Balaban J connectivity index is 1.50. The number of nitrogens with zero attached hydrogens (tertiary/aromatic N) is 5. The molecule has 27 heavy (non-hydrogen) atoms. The molecule has 0 bridgehead atoms. The first-order valence-corrected chi connectivity index (χ1v) is 10.5. The lowest BCUT2D eigenvalue weighted by Gasteiger charge is -2.35. The van der Waals surface area contributed by atoms with Crippen molar-refractivity contribution in [3.05, 3.63) is 18.0 Å². The fourth-order valence-electron chi connectivity index (χ4n) is 3.84. The maximum Gasteiger partial charge on any atom is 0.194 e. The molecule has 1 aromatic rings. The molecule has 1 unspecified atom stereocenters. The minimum atomic E-state index is 0.0617. The maximum absolute atomic E-state index is 5.97. The predicted octanol–water partition coefficient (Wildman–Crippen LogP) is 1.88. The Morgan fingerprint density at radius 2 is 2.15 bits per heavy atom. The molecule has 0 aliphatic carbocycles. The fraction of sp³-hybridized carbons (Fsp3) is 0.800. The summed E-state index contributed by atoms with van der Waals surface area (Å²) in [5.74, 6) is 1.91. The van der Waals surface area contributed by atoms with Crippen molar-refractivity contribution in [2.24, 2.45) is 18.0 Å². The zero-order valence-corrected chi connectivity index (χ0v) is 17.2. The van der Waals surface area contributed by atoms with E-state index in [0.29, 0.717) is 0 Å². The van der Waals surface area contributed by atoms with E-state index in [1.165, 1.54) is 25.9 Å². The number of hydrogen-bond acceptors (Lipinski definition) is 4. The topological polar surface area (TPSA) is 57.9 Å². The van der Waals surface area contributed by atoms with Crippen molar-refractivity contribution in [2.75, 3.05) is 52.4 Å². The number of aryl methyl sites for hydroxylation is 1. The zero-order valence-electron chi connectivity index (χ0n) is 17.2. The van der Waals surface area contributed by atoms with Crippen LogP contribution in [0, 0.1) is 5.92 Å². The number of ether oxygens (including phenoxy) is 1. The van der Waals surface area contributed by atoms with Gasteiger partial charge in [0.05, 0.1) is 19.3 Å². The largest absolute Gasteiger partial charge is 0.370 e. The van der Waals surface area contributed by atoms with E-state index >= 15 is 0 Å². The molecule has 3 rings (SSSR count). The Bertz CT molecular complexity index is 593. The molecule has 7 nitrogen and oxygen atoms in total. The van der Waals surface area contributed by atoms with Gasteiger partial charge in [0.15, 0.2) is 5.96 Å². The first-order valence-electron chi connectivity index (χ1n) is 10.5. The first-order chi connectivity index (χ1) is 13.2. The summed E-state index contributed by atoms with van der Waals surface area (Å²) in [5.41, 5.74) is 1.14. The third kappa shape index (κ3) is 5.94. The smallest absolute Gasteiger partial charge is 0.194 e. The molecular weight excluding hydrogens is 340 g/mol. The van der Waals surface area contributed by atoms with Crippen LogP contribution < -0.4 is 5.32 Å². The molecule has 1 N–H and O–H groups in total. The number of aliphatic imine (C=N–C) groups is 1. The second-order valence-electron chi connectivity index (χ2n) is 7.87. The second-order valence-corrected chi connectivity index (χ2v) is 7.87. The normalized spacial score (nSPS) is 23.0. The number of hydrogen-bond donors (Lipinski definition) is 1. The van der Waals surface area contributed by atoms with Crippen molar-refractivity contribution in [3.8, 4) is 0 Å². The molecule has 3 heterocycles. The standard InChI is InChI=1S/C20H36N6O/c1-4-21-20(22-8-5-9-25-10-6-17(2)7-11-25)26-12-13-27-19(16-26)18-14-23-24(3)15-18/h14-15,17,19H,4-13,16H2,1-3H3,(H,21,22). The van der Waals surface area contributed by atoms with Crippen molar-refractivity contribution in [1.29, 1.82) is 0 Å². The van der Waals surface area contributed by atoms with E-state index in [9.17, 15) is 0 Å². The molecule has 2 fully saturated rings. The van der Waals surface area contributed by atoms with Gasteiger partial charge in [0.1, 0.15) is 6.10 Å². The third-order valence-corrected chi connectivity index (χ3v) is 5.57. The Labute approximate surface area is 163 Å². The summed E-state index contributed by atoms with van der Waals surface area (Å²) in [7, 11) is 1.94. The van der Waals surface area contributed by atoms with Crippen molar-refractivity contribution in [3.63, 3.8) is 0 Å². The molecule has 1 aromatic heterocycles. The van der Waals surface area contributed by atoms with E-state index in [0.717, 1.165) is 63.2 Å². The maximum atomic E-state index is 5.97. The van der Waals surface area contributed by atoms with Crippen molar-refractivity contribution >= 4 is 5.96 Å². The molecule has 2 aliphatic rings. The summed E-state index contributed by atoms with van der Waals surface area (Å²) in [6.07, 6.45) is 7.81. The van der Waals surface area contributed by atoms with E-state index in [1.54, 1.807) is 0 Å². The summed E-state index contributed by atoms with van der Waals surface area (Å²) in [6, 6.07) is 0. The number of nitrogens with one attached hydrogen (secondary N) is 1. The van der Waals surface area contributed by atoms with Gasteiger partial charge in [-0.15, -0.1) is 0 Å². The van der Waals surface area contributed by atoms with Crippen LogP contribution in [0.4, 0.5) is 0 Å². The second kappa shape index (κ2) is 10.1. The Morgan fingerprint density at radius 3 is 2.85 bits per heavy atom. The van der Waals surface area contributed by atoms with Gasteiger partial charge in [-0.2, -0.15) is 5.10 Å². The summed E-state index contributed by atoms with van der Waals surface area (Å²) in [5, 5.41) is 7.74. The van der Waals surface area contributed by atoms with Gasteiger partial charge in [0.2, 0.25) is 0 Å². The average molecular weight is 377 g/mol. The monoisotopic (exact) mass is 376 g/mol. The quantitative estimate of drug-likeness (QED) is 0.467. The van der Waals surface area contributed by atoms with Crippen LogP contribution in [0.1, 0.15) is 44.8 Å². The van der Waals surface area contributed by atoms with Crippen LogP contribution in [-0.4, -0.2) is 78.0 Å². The molecule has 7 heteroatoms. The van der Waals surface area contributed by atoms with Crippen LogP contribution in [0.2, 0.25) is 0 Å². The van der Waals surface area contributed by atoms with E-state index in [2.05, 4.69) is 34.1 Å². The number of rotatable bonds is 6. The van der Waals surface area contributed by atoms with Crippen LogP contribution in [0.3, 0.4) is 0 Å². The van der Waals surface area contributed by atoms with Crippen molar-refractivity contribution in [2.45, 2.75) is 39.2 Å². The molecule has 0 amide bonds. The summed E-state index contributed by atoms with van der Waals surface area (Å²) < 4.78 is 7.80. The highest BCUT2D eigenvalue weighted by molar-refractivity contribution is 5.80. The van der Waals surface area contributed by atoms with Gasteiger partial charge >= 0.3 is 0 Å². The molecule has 0 radical (unpaired) electrons. The van der Waals surface area contributed by atoms with Crippen LogP contribution in [-0.2, 0) is 11.8 Å². The van der Waals surface area contributed by atoms with Gasteiger partial charge < -0.3 is 19.9 Å².